The molecule has 34 heavy (non-hydrogen) atoms. The normalized spacial score (nSPS) is 28.3. The molecule has 2 aromatic rings. The van der Waals surface area contributed by atoms with Crippen LogP contribution in [0.3, 0.4) is 0 Å². The molecule has 2 bridgehead atoms. The van der Waals surface area contributed by atoms with Crippen molar-refractivity contribution in [1.29, 1.82) is 0 Å². The van der Waals surface area contributed by atoms with Gasteiger partial charge in [-0.05, 0) is 55.0 Å². The lowest BCUT2D eigenvalue weighted by Crippen LogP contribution is -2.49. The van der Waals surface area contributed by atoms with Gasteiger partial charge in [0.25, 0.3) is 5.92 Å². The Morgan fingerprint density at radius 2 is 2.03 bits per heavy atom. The highest BCUT2D eigenvalue weighted by Gasteiger charge is 2.53. The third kappa shape index (κ3) is 4.08. The molecule has 10 heteroatoms. The Bertz CT molecular complexity index is 1100. The summed E-state index contributed by atoms with van der Waals surface area (Å²) in [5, 5.41) is 22.0. The predicted molar refractivity (Wildman–Crippen MR) is 120 cm³/mol. The van der Waals surface area contributed by atoms with Gasteiger partial charge in [-0.15, -0.1) is 10.2 Å². The number of likely N-dealkylation sites (tertiary alicyclic amines) is 1. The van der Waals surface area contributed by atoms with Gasteiger partial charge >= 0.3 is 0 Å². The Balaban J connectivity index is 1.32. The maximum atomic E-state index is 15.0. The summed E-state index contributed by atoms with van der Waals surface area (Å²) in [4.78, 5) is 15.5. The smallest absolute Gasteiger partial charge is 0.264 e. The number of fused-ring (bicyclic) bond motifs is 2. The number of hydrogen-bond acceptors (Lipinski definition) is 6. The average molecular weight is 476 g/mol. The molecule has 0 radical (unpaired) electrons. The van der Waals surface area contributed by atoms with E-state index in [0.29, 0.717) is 42.9 Å². The van der Waals surface area contributed by atoms with Crippen LogP contribution in [0, 0.1) is 5.82 Å². The summed E-state index contributed by atoms with van der Waals surface area (Å²) < 4.78 is 43.1. The molecule has 3 aliphatic heterocycles. The van der Waals surface area contributed by atoms with Crippen LogP contribution in [0.25, 0.3) is 11.3 Å². The van der Waals surface area contributed by atoms with Crippen LogP contribution in [0.4, 0.5) is 19.0 Å². The van der Waals surface area contributed by atoms with E-state index in [1.165, 1.54) is 12.1 Å². The van der Waals surface area contributed by atoms with Crippen molar-refractivity contribution in [2.75, 3.05) is 25.5 Å². The van der Waals surface area contributed by atoms with E-state index in [1.807, 2.05) is 11.9 Å². The number of phenols is 1. The number of amides is 1. The van der Waals surface area contributed by atoms with Crippen molar-refractivity contribution in [3.8, 4) is 17.0 Å². The van der Waals surface area contributed by atoms with E-state index in [2.05, 4.69) is 15.5 Å². The zero-order chi connectivity index (χ0) is 24.2. The summed E-state index contributed by atoms with van der Waals surface area (Å²) in [6.07, 6.45) is 1.61. The maximum absolute atomic E-state index is 15.0. The van der Waals surface area contributed by atoms with Gasteiger partial charge in [0, 0.05) is 51.1 Å². The molecule has 2 unspecified atom stereocenters. The highest BCUT2D eigenvalue weighted by Crippen LogP contribution is 2.41. The first-order valence-electron chi connectivity index (χ1n) is 11.6. The Morgan fingerprint density at radius 1 is 1.24 bits per heavy atom. The number of nitrogens with one attached hydrogen (secondary N) is 1. The van der Waals surface area contributed by atoms with Crippen molar-refractivity contribution in [2.45, 2.75) is 62.1 Å². The van der Waals surface area contributed by atoms with Gasteiger partial charge < -0.3 is 20.2 Å². The molecule has 182 valence electrons. The van der Waals surface area contributed by atoms with Crippen molar-refractivity contribution < 1.29 is 23.1 Å². The first-order chi connectivity index (χ1) is 16.1. The van der Waals surface area contributed by atoms with Crippen LogP contribution in [0.2, 0.25) is 0 Å². The number of rotatable bonds is 4. The zero-order valence-corrected chi connectivity index (χ0v) is 19.1. The Morgan fingerprint density at radius 3 is 2.71 bits per heavy atom. The van der Waals surface area contributed by atoms with Crippen LogP contribution in [0.15, 0.2) is 24.3 Å². The summed E-state index contributed by atoms with van der Waals surface area (Å²) in [5.74, 6) is -3.11. The number of aromatic hydroxyl groups is 1. The minimum absolute atomic E-state index is 0.0461. The molecule has 1 aromatic heterocycles. The molecular weight excluding hydrogens is 447 g/mol. The fraction of sp³-hybridized carbons (Fsp3) is 0.542. The van der Waals surface area contributed by atoms with E-state index in [-0.39, 0.29) is 48.1 Å². The molecule has 5 rings (SSSR count). The first-order valence-corrected chi connectivity index (χ1v) is 11.6. The molecule has 4 heterocycles. The van der Waals surface area contributed by atoms with E-state index in [1.54, 1.807) is 24.1 Å². The number of aromatic nitrogens is 2. The van der Waals surface area contributed by atoms with E-state index < -0.39 is 17.8 Å². The molecule has 0 spiro atoms. The zero-order valence-electron chi connectivity index (χ0n) is 19.1. The number of benzene rings is 1. The average Bonchev–Trinajstić information content (AvgIpc) is 3.02. The van der Waals surface area contributed by atoms with Crippen molar-refractivity contribution in [1.82, 2.24) is 20.4 Å². The second-order valence-electron chi connectivity index (χ2n) is 9.79. The van der Waals surface area contributed by atoms with Crippen LogP contribution in [-0.4, -0.2) is 70.8 Å². The lowest BCUT2D eigenvalue weighted by molar-refractivity contribution is -0.132. The lowest BCUT2D eigenvalue weighted by Gasteiger charge is -2.36. The van der Waals surface area contributed by atoms with Crippen molar-refractivity contribution in [2.24, 2.45) is 0 Å². The SMILES string of the molecule is CN1CC[C@@H](c2cc(O)c(-c3ccc(N(C)[C@H]4CC5CC(F)(F)C(C4)N5)nn3)cc2F)CC1=O. The van der Waals surface area contributed by atoms with Gasteiger partial charge in [-0.25, -0.2) is 13.2 Å². The second kappa shape index (κ2) is 8.41. The van der Waals surface area contributed by atoms with E-state index in [9.17, 15) is 23.1 Å². The van der Waals surface area contributed by atoms with E-state index >= 15 is 0 Å². The van der Waals surface area contributed by atoms with Gasteiger partial charge in [0.15, 0.2) is 5.82 Å². The van der Waals surface area contributed by atoms with Crippen molar-refractivity contribution in [3.63, 3.8) is 0 Å². The molecule has 0 saturated carbocycles. The topological polar surface area (TPSA) is 81.6 Å². The van der Waals surface area contributed by atoms with Gasteiger partial charge in [-0.2, -0.15) is 0 Å². The number of hydrogen-bond donors (Lipinski definition) is 2. The first kappa shape index (κ1) is 22.9. The van der Waals surface area contributed by atoms with Gasteiger partial charge in [-0.3, -0.25) is 4.79 Å². The Labute approximate surface area is 196 Å². The number of anilines is 1. The molecule has 3 fully saturated rings. The lowest BCUT2D eigenvalue weighted by atomic mass is 9.87. The predicted octanol–water partition coefficient (Wildman–Crippen LogP) is 3.29. The standard InChI is InChI=1S/C24H28F3N5O2/c1-31-6-5-13(7-23(31)34)16-11-20(33)17(10-18(16)25)19-3-4-22(30-29-19)32(2)15-8-14-12-24(26,27)21(9-15)28-14/h3-4,10-11,13-15,21,28,33H,5-9,12H2,1-2H3/t13-,14?,15+,21?/m1/s1. The fourth-order valence-corrected chi connectivity index (χ4v) is 5.49. The number of nitrogens with zero attached hydrogens (tertiary/aromatic N) is 4. The molecule has 3 saturated heterocycles. The maximum Gasteiger partial charge on any atom is 0.264 e. The largest absolute Gasteiger partial charge is 0.507 e. The number of phenolic OH excluding ortho intramolecular Hbond substituents is 1. The second-order valence-corrected chi connectivity index (χ2v) is 9.79. The molecular formula is C24H28F3N5O2. The molecule has 2 N–H and O–H groups in total. The van der Waals surface area contributed by atoms with Crippen LogP contribution in [0.1, 0.15) is 43.6 Å². The molecule has 0 aliphatic carbocycles. The van der Waals surface area contributed by atoms with Gasteiger partial charge in [0.05, 0.1) is 11.7 Å². The highest BCUT2D eigenvalue weighted by molar-refractivity contribution is 5.78. The number of carbonyl (C=O) groups excluding carboxylic acids is 1. The number of halogens is 3. The van der Waals surface area contributed by atoms with Crippen LogP contribution in [-0.2, 0) is 4.79 Å². The number of piperidine rings is 2. The Kier molecular flexibility index (Phi) is 5.66. The fourth-order valence-electron chi connectivity index (χ4n) is 5.49. The van der Waals surface area contributed by atoms with Crippen LogP contribution >= 0.6 is 0 Å². The minimum atomic E-state index is -2.69. The Hall–Kier alpha value is -2.88. The molecule has 7 nitrogen and oxygen atoms in total. The summed E-state index contributed by atoms with van der Waals surface area (Å²) in [5.41, 5.74) is 0.836. The molecule has 4 atom stereocenters. The van der Waals surface area contributed by atoms with Gasteiger partial charge in [0.2, 0.25) is 5.91 Å². The van der Waals surface area contributed by atoms with Crippen molar-refractivity contribution in [3.05, 3.63) is 35.6 Å². The number of carbonyl (C=O) groups is 1. The summed E-state index contributed by atoms with van der Waals surface area (Å²) >= 11 is 0. The monoisotopic (exact) mass is 475 g/mol. The van der Waals surface area contributed by atoms with Crippen molar-refractivity contribution >= 4 is 11.7 Å². The molecule has 1 amide bonds. The highest BCUT2D eigenvalue weighted by atomic mass is 19.3. The number of alkyl halides is 2. The third-order valence-corrected chi connectivity index (χ3v) is 7.58. The quantitative estimate of drug-likeness (QED) is 0.707. The van der Waals surface area contributed by atoms with E-state index in [4.69, 9.17) is 0 Å². The van der Waals surface area contributed by atoms with Crippen LogP contribution < -0.4 is 10.2 Å². The molecule has 1 aromatic carbocycles. The summed E-state index contributed by atoms with van der Waals surface area (Å²) in [6, 6.07) is 4.80. The van der Waals surface area contributed by atoms with Gasteiger partial charge in [-0.1, -0.05) is 0 Å². The molecule has 3 aliphatic rings. The third-order valence-electron chi connectivity index (χ3n) is 7.58. The van der Waals surface area contributed by atoms with E-state index in [0.717, 1.165) is 0 Å². The van der Waals surface area contributed by atoms with Gasteiger partial charge in [0.1, 0.15) is 11.6 Å². The summed E-state index contributed by atoms with van der Waals surface area (Å²) in [6.45, 7) is 0.544. The minimum Gasteiger partial charge on any atom is -0.507 e. The van der Waals surface area contributed by atoms with Crippen LogP contribution in [0.5, 0.6) is 5.75 Å². The summed E-state index contributed by atoms with van der Waals surface area (Å²) in [7, 11) is 3.53.